The molecule has 1 aromatic carbocycles. The Morgan fingerprint density at radius 2 is 1.80 bits per heavy atom. The molecule has 100 valence electrons. The highest BCUT2D eigenvalue weighted by atomic mass is 127. The van der Waals surface area contributed by atoms with Crippen LogP contribution < -0.4 is 5.73 Å². The minimum absolute atomic E-state index is 0.485. The fourth-order valence-corrected chi connectivity index (χ4v) is 3.33. The van der Waals surface area contributed by atoms with Crippen molar-refractivity contribution in [3.05, 3.63) is 50.4 Å². The lowest BCUT2D eigenvalue weighted by molar-refractivity contribution is 1.18. The van der Waals surface area contributed by atoms with Gasteiger partial charge < -0.3 is 5.73 Å². The number of aromatic nitrogens is 2. The molecule has 0 aliphatic rings. The van der Waals surface area contributed by atoms with Crippen molar-refractivity contribution >= 4 is 51.3 Å². The fraction of sp³-hybridized carbons (Fsp3) is 0. The van der Waals surface area contributed by atoms with E-state index in [1.807, 2.05) is 42.5 Å². The molecule has 0 aliphatic heterocycles. The first-order valence-electron chi connectivity index (χ1n) is 5.79. The number of hydrogen-bond donors (Lipinski definition) is 1. The molecule has 0 fully saturated rings. The van der Waals surface area contributed by atoms with Gasteiger partial charge in [-0.15, -0.1) is 11.3 Å². The van der Waals surface area contributed by atoms with Gasteiger partial charge in [0.05, 0.1) is 18.5 Å². The molecule has 2 aromatic heterocycles. The first-order chi connectivity index (χ1) is 9.65. The first kappa shape index (κ1) is 13.8. The van der Waals surface area contributed by atoms with Crippen molar-refractivity contribution in [1.82, 2.24) is 9.97 Å². The van der Waals surface area contributed by atoms with Crippen LogP contribution in [0.25, 0.3) is 22.0 Å². The van der Waals surface area contributed by atoms with Gasteiger partial charge in [0, 0.05) is 5.56 Å². The Balaban J connectivity index is 2.18. The number of hydrogen-bond acceptors (Lipinski definition) is 4. The monoisotopic (exact) mass is 413 g/mol. The van der Waals surface area contributed by atoms with Gasteiger partial charge in [0.15, 0.2) is 5.82 Å². The predicted molar refractivity (Wildman–Crippen MR) is 92.9 cm³/mol. The van der Waals surface area contributed by atoms with E-state index in [-0.39, 0.29) is 0 Å². The number of benzene rings is 1. The normalized spacial score (nSPS) is 10.7. The van der Waals surface area contributed by atoms with Crippen LogP contribution in [0, 0.1) is 3.57 Å². The van der Waals surface area contributed by atoms with Crippen molar-refractivity contribution < 1.29 is 0 Å². The van der Waals surface area contributed by atoms with Crippen molar-refractivity contribution in [3.63, 3.8) is 0 Å². The lowest BCUT2D eigenvalue weighted by Gasteiger charge is -2.08. The third-order valence-corrected chi connectivity index (χ3v) is 5.01. The van der Waals surface area contributed by atoms with Gasteiger partial charge in [-0.2, -0.15) is 0 Å². The predicted octanol–water partition coefficient (Wildman–Crippen LogP) is 4.71. The Labute approximate surface area is 139 Å². The molecule has 6 heteroatoms. The van der Waals surface area contributed by atoms with Crippen LogP contribution in [0.1, 0.15) is 0 Å². The topological polar surface area (TPSA) is 51.8 Å². The molecular formula is C14H9ClIN3S. The standard InChI is InChI=1S/C14H9ClIN3S/c15-10-7-6-9(20-10)14-18-12(11(16)13(17)19-14)8-4-2-1-3-5-8/h1-7H,(H2,17,18,19). The Kier molecular flexibility index (Phi) is 3.91. The summed E-state index contributed by atoms with van der Waals surface area (Å²) in [6.07, 6.45) is 0. The highest BCUT2D eigenvalue weighted by Gasteiger charge is 2.14. The Morgan fingerprint density at radius 1 is 1.05 bits per heavy atom. The Bertz CT molecular complexity index is 758. The molecule has 2 heterocycles. The van der Waals surface area contributed by atoms with Crippen molar-refractivity contribution in [2.75, 3.05) is 5.73 Å². The SMILES string of the molecule is Nc1nc(-c2ccc(Cl)s2)nc(-c2ccccc2)c1I. The summed E-state index contributed by atoms with van der Waals surface area (Å²) in [5, 5.41) is 0. The van der Waals surface area contributed by atoms with Crippen LogP contribution in [0.3, 0.4) is 0 Å². The maximum atomic E-state index is 6.02. The van der Waals surface area contributed by atoms with E-state index in [1.165, 1.54) is 11.3 Å². The van der Waals surface area contributed by atoms with Crippen LogP contribution in [0.2, 0.25) is 4.34 Å². The Hall–Kier alpha value is -1.18. The van der Waals surface area contributed by atoms with E-state index in [9.17, 15) is 0 Å². The molecule has 0 saturated carbocycles. The molecule has 0 amide bonds. The smallest absolute Gasteiger partial charge is 0.172 e. The maximum Gasteiger partial charge on any atom is 0.172 e. The summed E-state index contributed by atoms with van der Waals surface area (Å²) in [7, 11) is 0. The molecule has 20 heavy (non-hydrogen) atoms. The van der Waals surface area contributed by atoms with Gasteiger partial charge in [-0.05, 0) is 34.7 Å². The zero-order valence-electron chi connectivity index (χ0n) is 10.2. The van der Waals surface area contributed by atoms with Gasteiger partial charge in [0.25, 0.3) is 0 Å². The molecule has 0 bridgehead atoms. The van der Waals surface area contributed by atoms with Gasteiger partial charge in [0.2, 0.25) is 0 Å². The van der Waals surface area contributed by atoms with E-state index in [2.05, 4.69) is 32.6 Å². The van der Waals surface area contributed by atoms with Crippen molar-refractivity contribution in [2.24, 2.45) is 0 Å². The second-order valence-electron chi connectivity index (χ2n) is 4.06. The zero-order chi connectivity index (χ0) is 14.1. The molecule has 0 radical (unpaired) electrons. The molecule has 0 unspecified atom stereocenters. The number of nitrogens with zero attached hydrogens (tertiary/aromatic N) is 2. The van der Waals surface area contributed by atoms with Crippen molar-refractivity contribution in [1.29, 1.82) is 0 Å². The van der Waals surface area contributed by atoms with Gasteiger partial charge in [-0.3, -0.25) is 0 Å². The van der Waals surface area contributed by atoms with E-state index < -0.39 is 0 Å². The third-order valence-electron chi connectivity index (χ3n) is 2.72. The van der Waals surface area contributed by atoms with Crippen molar-refractivity contribution in [2.45, 2.75) is 0 Å². The number of rotatable bonds is 2. The van der Waals surface area contributed by atoms with E-state index in [1.54, 1.807) is 0 Å². The summed E-state index contributed by atoms with van der Waals surface area (Å²) in [6.45, 7) is 0. The van der Waals surface area contributed by atoms with Crippen molar-refractivity contribution in [3.8, 4) is 22.0 Å². The number of anilines is 1. The fourth-order valence-electron chi connectivity index (χ4n) is 1.80. The zero-order valence-corrected chi connectivity index (χ0v) is 13.9. The minimum atomic E-state index is 0.485. The lowest BCUT2D eigenvalue weighted by Crippen LogP contribution is -2.01. The summed E-state index contributed by atoms with van der Waals surface area (Å²) >= 11 is 9.59. The van der Waals surface area contributed by atoms with E-state index >= 15 is 0 Å². The highest BCUT2D eigenvalue weighted by molar-refractivity contribution is 14.1. The van der Waals surface area contributed by atoms with Crippen LogP contribution >= 0.6 is 45.5 Å². The largest absolute Gasteiger partial charge is 0.383 e. The molecule has 0 spiro atoms. The van der Waals surface area contributed by atoms with Crippen LogP contribution in [0.15, 0.2) is 42.5 Å². The van der Waals surface area contributed by atoms with E-state index in [0.29, 0.717) is 16.0 Å². The number of thiophene rings is 1. The second kappa shape index (κ2) is 5.67. The lowest BCUT2D eigenvalue weighted by atomic mass is 10.1. The molecule has 0 saturated heterocycles. The highest BCUT2D eigenvalue weighted by Crippen LogP contribution is 2.33. The molecule has 3 aromatic rings. The Morgan fingerprint density at radius 3 is 2.45 bits per heavy atom. The van der Waals surface area contributed by atoms with Crippen LogP contribution in [0.5, 0.6) is 0 Å². The van der Waals surface area contributed by atoms with E-state index in [0.717, 1.165) is 19.7 Å². The molecule has 3 nitrogen and oxygen atoms in total. The number of halogens is 2. The second-order valence-corrected chi connectivity index (χ2v) is 6.86. The summed E-state index contributed by atoms with van der Waals surface area (Å²) in [5.41, 5.74) is 7.88. The van der Waals surface area contributed by atoms with Gasteiger partial charge >= 0.3 is 0 Å². The van der Waals surface area contributed by atoms with E-state index in [4.69, 9.17) is 17.3 Å². The molecule has 0 atom stereocenters. The molecule has 0 aliphatic carbocycles. The van der Waals surface area contributed by atoms with Crippen LogP contribution in [-0.2, 0) is 0 Å². The summed E-state index contributed by atoms with van der Waals surface area (Å²) in [5.74, 6) is 1.10. The molecular weight excluding hydrogens is 405 g/mol. The summed E-state index contributed by atoms with van der Waals surface area (Å²) in [6, 6.07) is 13.7. The number of nitrogen functional groups attached to an aromatic ring is 1. The quantitative estimate of drug-likeness (QED) is 0.619. The number of nitrogens with two attached hydrogens (primary N) is 1. The van der Waals surface area contributed by atoms with Gasteiger partial charge in [-0.1, -0.05) is 41.9 Å². The average molecular weight is 414 g/mol. The average Bonchev–Trinajstić information content (AvgIpc) is 2.89. The van der Waals surface area contributed by atoms with Crippen LogP contribution in [-0.4, -0.2) is 9.97 Å². The van der Waals surface area contributed by atoms with Gasteiger partial charge in [0.1, 0.15) is 5.82 Å². The van der Waals surface area contributed by atoms with Gasteiger partial charge in [-0.25, -0.2) is 9.97 Å². The maximum absolute atomic E-state index is 6.02. The summed E-state index contributed by atoms with van der Waals surface area (Å²) < 4.78 is 1.57. The molecule has 3 rings (SSSR count). The summed E-state index contributed by atoms with van der Waals surface area (Å²) in [4.78, 5) is 9.91. The third kappa shape index (κ3) is 2.65. The van der Waals surface area contributed by atoms with Crippen LogP contribution in [0.4, 0.5) is 5.82 Å². The first-order valence-corrected chi connectivity index (χ1v) is 8.06. The molecule has 2 N–H and O–H groups in total. The minimum Gasteiger partial charge on any atom is -0.383 e.